The van der Waals surface area contributed by atoms with Gasteiger partial charge in [-0.05, 0) is 30.6 Å². The lowest BCUT2D eigenvalue weighted by Crippen LogP contribution is -2.09. The molecule has 3 rings (SSSR count). The van der Waals surface area contributed by atoms with Crippen molar-refractivity contribution in [2.45, 2.75) is 19.8 Å². The van der Waals surface area contributed by atoms with E-state index in [1.54, 1.807) is 5.38 Å². The predicted octanol–water partition coefficient (Wildman–Crippen LogP) is 2.78. The third-order valence-electron chi connectivity index (χ3n) is 4.00. The molecule has 1 aromatic rings. The average molecular weight is 304 g/mol. The molecule has 6 heteroatoms. The highest BCUT2D eigenvalue weighted by Crippen LogP contribution is 2.45. The second-order valence-electron chi connectivity index (χ2n) is 5.55. The molecule has 3 atom stereocenters. The SMILES string of the molecule is CC(=O)Nc1nc(/C(=C\C2CC3C=CC2C3)C(=O)O)cs1. The van der Waals surface area contributed by atoms with Gasteiger partial charge in [0, 0.05) is 12.3 Å². The Bertz CT molecular complexity index is 647. The van der Waals surface area contributed by atoms with Gasteiger partial charge in [-0.2, -0.15) is 0 Å². The molecule has 0 aromatic carbocycles. The molecule has 21 heavy (non-hydrogen) atoms. The maximum Gasteiger partial charge on any atom is 0.337 e. The van der Waals surface area contributed by atoms with Crippen molar-refractivity contribution in [3.8, 4) is 0 Å². The summed E-state index contributed by atoms with van der Waals surface area (Å²) in [7, 11) is 0. The van der Waals surface area contributed by atoms with Crippen molar-refractivity contribution in [1.29, 1.82) is 0 Å². The van der Waals surface area contributed by atoms with Gasteiger partial charge in [-0.1, -0.05) is 18.2 Å². The summed E-state index contributed by atoms with van der Waals surface area (Å²) in [5.41, 5.74) is 0.650. The molecule has 5 nitrogen and oxygen atoms in total. The molecule has 1 saturated carbocycles. The maximum absolute atomic E-state index is 11.5. The predicted molar refractivity (Wildman–Crippen MR) is 80.9 cm³/mol. The number of fused-ring (bicyclic) bond motifs is 2. The van der Waals surface area contributed by atoms with Crippen LogP contribution in [0.25, 0.3) is 5.57 Å². The van der Waals surface area contributed by atoms with Crippen molar-refractivity contribution in [2.75, 3.05) is 5.32 Å². The van der Waals surface area contributed by atoms with E-state index in [0.717, 1.165) is 12.8 Å². The van der Waals surface area contributed by atoms with Gasteiger partial charge in [0.25, 0.3) is 0 Å². The van der Waals surface area contributed by atoms with Gasteiger partial charge >= 0.3 is 5.97 Å². The Morgan fingerprint density at radius 1 is 1.43 bits per heavy atom. The van der Waals surface area contributed by atoms with E-state index in [1.807, 2.05) is 6.08 Å². The van der Waals surface area contributed by atoms with Crippen LogP contribution < -0.4 is 5.32 Å². The van der Waals surface area contributed by atoms with E-state index in [4.69, 9.17) is 0 Å². The van der Waals surface area contributed by atoms with Crippen molar-refractivity contribution in [2.24, 2.45) is 17.8 Å². The van der Waals surface area contributed by atoms with Gasteiger partial charge in [0.1, 0.15) is 0 Å². The van der Waals surface area contributed by atoms with Crippen molar-refractivity contribution < 1.29 is 14.7 Å². The number of allylic oxidation sites excluding steroid dienone is 3. The van der Waals surface area contributed by atoms with Crippen LogP contribution in [0.15, 0.2) is 23.6 Å². The van der Waals surface area contributed by atoms with Gasteiger partial charge in [0.15, 0.2) is 5.13 Å². The summed E-state index contributed by atoms with van der Waals surface area (Å²) in [4.78, 5) is 26.7. The number of hydrogen-bond acceptors (Lipinski definition) is 4. The van der Waals surface area contributed by atoms with E-state index in [9.17, 15) is 14.7 Å². The third kappa shape index (κ3) is 2.90. The number of carboxylic acids is 1. The van der Waals surface area contributed by atoms with E-state index in [-0.39, 0.29) is 17.4 Å². The molecule has 2 N–H and O–H groups in total. The number of nitrogens with one attached hydrogen (secondary N) is 1. The molecule has 0 spiro atoms. The van der Waals surface area contributed by atoms with Crippen molar-refractivity contribution in [3.05, 3.63) is 29.3 Å². The molecule has 2 aliphatic rings. The minimum atomic E-state index is -0.971. The summed E-state index contributed by atoms with van der Waals surface area (Å²) in [5.74, 6) is 0.142. The van der Waals surface area contributed by atoms with Crippen molar-refractivity contribution >= 4 is 33.9 Å². The Kier molecular flexibility index (Phi) is 3.63. The molecule has 0 saturated heterocycles. The number of nitrogens with zero attached hydrogens (tertiary/aromatic N) is 1. The zero-order valence-electron chi connectivity index (χ0n) is 11.6. The lowest BCUT2D eigenvalue weighted by molar-refractivity contribution is -0.130. The molecular formula is C15H16N2O3S. The van der Waals surface area contributed by atoms with Crippen LogP contribution in [0, 0.1) is 17.8 Å². The molecule has 0 aliphatic heterocycles. The second-order valence-corrected chi connectivity index (χ2v) is 6.41. The highest BCUT2D eigenvalue weighted by molar-refractivity contribution is 7.14. The van der Waals surface area contributed by atoms with E-state index in [2.05, 4.69) is 22.5 Å². The van der Waals surface area contributed by atoms with Gasteiger partial charge in [0.2, 0.25) is 5.91 Å². The summed E-state index contributed by atoms with van der Waals surface area (Å²) in [6.07, 6.45) is 8.40. The van der Waals surface area contributed by atoms with E-state index in [1.165, 1.54) is 18.3 Å². The molecule has 2 aliphatic carbocycles. The van der Waals surface area contributed by atoms with Crippen LogP contribution in [0.5, 0.6) is 0 Å². The fraction of sp³-hybridized carbons (Fsp3) is 0.400. The number of aromatic nitrogens is 1. The standard InChI is InChI=1S/C15H16N2O3S/c1-8(18)16-15-17-13(7-21-15)12(14(19)20)6-11-5-9-2-3-10(11)4-9/h2-3,6-7,9-11H,4-5H2,1H3,(H,19,20)(H,16,17,18)/b12-6+. The zero-order chi connectivity index (χ0) is 15.0. The zero-order valence-corrected chi connectivity index (χ0v) is 12.4. The summed E-state index contributed by atoms with van der Waals surface area (Å²) in [6, 6.07) is 0. The lowest BCUT2D eigenvalue weighted by Gasteiger charge is -2.14. The number of carbonyl (C=O) groups is 2. The molecule has 1 heterocycles. The molecule has 2 bridgehead atoms. The van der Waals surface area contributed by atoms with Crippen LogP contribution in [0.4, 0.5) is 5.13 Å². The van der Waals surface area contributed by atoms with Crippen LogP contribution in [0.3, 0.4) is 0 Å². The number of carboxylic acid groups (broad SMARTS) is 1. The summed E-state index contributed by atoms with van der Waals surface area (Å²) < 4.78 is 0. The number of thiazole rings is 1. The van der Waals surface area contributed by atoms with Gasteiger partial charge in [-0.15, -0.1) is 11.3 Å². The molecule has 3 unspecified atom stereocenters. The summed E-state index contributed by atoms with van der Waals surface area (Å²) in [6.45, 7) is 1.40. The Morgan fingerprint density at radius 2 is 2.24 bits per heavy atom. The van der Waals surface area contributed by atoms with Crippen LogP contribution in [-0.2, 0) is 9.59 Å². The van der Waals surface area contributed by atoms with E-state index in [0.29, 0.717) is 22.7 Å². The van der Waals surface area contributed by atoms with E-state index < -0.39 is 5.97 Å². The first-order chi connectivity index (χ1) is 10.0. The van der Waals surface area contributed by atoms with Crippen LogP contribution >= 0.6 is 11.3 Å². The van der Waals surface area contributed by atoms with Gasteiger partial charge in [-0.25, -0.2) is 9.78 Å². The fourth-order valence-corrected chi connectivity index (χ4v) is 3.86. The normalized spacial score (nSPS) is 27.1. The Hall–Kier alpha value is -1.95. The van der Waals surface area contributed by atoms with Gasteiger partial charge in [0.05, 0.1) is 11.3 Å². The monoisotopic (exact) mass is 304 g/mol. The second kappa shape index (κ2) is 5.44. The molecule has 1 fully saturated rings. The minimum Gasteiger partial charge on any atom is -0.478 e. The Labute approximate surface area is 126 Å². The quantitative estimate of drug-likeness (QED) is 0.662. The number of amides is 1. The van der Waals surface area contributed by atoms with Gasteiger partial charge in [-0.3, -0.25) is 4.79 Å². The first kappa shape index (κ1) is 14.0. The van der Waals surface area contributed by atoms with Crippen LogP contribution in [0.1, 0.15) is 25.5 Å². The van der Waals surface area contributed by atoms with Gasteiger partial charge < -0.3 is 10.4 Å². The lowest BCUT2D eigenvalue weighted by atomic mass is 9.91. The smallest absolute Gasteiger partial charge is 0.337 e. The first-order valence-corrected chi connectivity index (χ1v) is 7.78. The first-order valence-electron chi connectivity index (χ1n) is 6.90. The Morgan fingerprint density at radius 3 is 2.81 bits per heavy atom. The molecule has 110 valence electrons. The van der Waals surface area contributed by atoms with Crippen LogP contribution in [-0.4, -0.2) is 22.0 Å². The highest BCUT2D eigenvalue weighted by atomic mass is 32.1. The Balaban J connectivity index is 1.84. The maximum atomic E-state index is 11.5. The minimum absolute atomic E-state index is 0.213. The van der Waals surface area contributed by atoms with Crippen molar-refractivity contribution in [3.63, 3.8) is 0 Å². The largest absolute Gasteiger partial charge is 0.478 e. The molecule has 0 radical (unpaired) electrons. The topological polar surface area (TPSA) is 79.3 Å². The summed E-state index contributed by atoms with van der Waals surface area (Å²) >= 11 is 1.24. The third-order valence-corrected chi connectivity index (χ3v) is 4.76. The highest BCUT2D eigenvalue weighted by Gasteiger charge is 2.35. The summed E-state index contributed by atoms with van der Waals surface area (Å²) in [5, 5.41) is 14.1. The number of carbonyl (C=O) groups excluding carboxylic acids is 1. The van der Waals surface area contributed by atoms with E-state index >= 15 is 0 Å². The number of anilines is 1. The van der Waals surface area contributed by atoms with Crippen molar-refractivity contribution in [1.82, 2.24) is 4.98 Å². The fourth-order valence-electron chi connectivity index (χ4n) is 3.10. The molecule has 1 amide bonds. The number of rotatable bonds is 4. The molecular weight excluding hydrogens is 288 g/mol. The van der Waals surface area contributed by atoms with Crippen LogP contribution in [0.2, 0.25) is 0 Å². The average Bonchev–Trinajstić information content (AvgIpc) is 3.10. The number of hydrogen-bond donors (Lipinski definition) is 2. The number of aliphatic carboxylic acids is 1. The molecule has 1 aromatic heterocycles.